The predicted molar refractivity (Wildman–Crippen MR) is 71.1 cm³/mol. The van der Waals surface area contributed by atoms with Crippen LogP contribution in [0.3, 0.4) is 0 Å². The maximum atomic E-state index is 5.96. The van der Waals surface area contributed by atoms with E-state index >= 15 is 0 Å². The van der Waals surface area contributed by atoms with Crippen LogP contribution in [-0.2, 0) is 6.54 Å². The van der Waals surface area contributed by atoms with Crippen LogP contribution in [0.15, 0.2) is 18.2 Å². The van der Waals surface area contributed by atoms with Crippen LogP contribution in [0, 0.1) is 12.8 Å². The smallest absolute Gasteiger partial charge is 0.122 e. The van der Waals surface area contributed by atoms with E-state index in [-0.39, 0.29) is 0 Å². The molecule has 17 heavy (non-hydrogen) atoms. The third-order valence-corrected chi connectivity index (χ3v) is 3.69. The molecule has 0 spiro atoms. The number of aryl methyl sites for hydroxylation is 1. The zero-order chi connectivity index (χ0) is 12.1. The fourth-order valence-electron chi connectivity index (χ4n) is 2.49. The van der Waals surface area contributed by atoms with Gasteiger partial charge in [0.05, 0.1) is 6.61 Å². The van der Waals surface area contributed by atoms with E-state index in [1.165, 1.54) is 37.7 Å². The zero-order valence-corrected chi connectivity index (χ0v) is 10.7. The summed E-state index contributed by atoms with van der Waals surface area (Å²) in [5.74, 6) is 1.77. The topological polar surface area (TPSA) is 35.2 Å². The largest absolute Gasteiger partial charge is 0.493 e. The number of hydrogen-bond donors (Lipinski definition) is 1. The van der Waals surface area contributed by atoms with Gasteiger partial charge in [0.25, 0.3) is 0 Å². The van der Waals surface area contributed by atoms with Gasteiger partial charge in [-0.1, -0.05) is 31.4 Å². The van der Waals surface area contributed by atoms with Crippen molar-refractivity contribution >= 4 is 0 Å². The summed E-state index contributed by atoms with van der Waals surface area (Å²) in [7, 11) is 0. The van der Waals surface area contributed by atoms with Gasteiger partial charge in [-0.2, -0.15) is 0 Å². The summed E-state index contributed by atoms with van der Waals surface area (Å²) in [6, 6.07) is 6.25. The van der Waals surface area contributed by atoms with Crippen LogP contribution in [0.25, 0.3) is 0 Å². The van der Waals surface area contributed by atoms with Crippen molar-refractivity contribution in [3.05, 3.63) is 29.3 Å². The van der Waals surface area contributed by atoms with E-state index in [4.69, 9.17) is 10.5 Å². The molecule has 2 heteroatoms. The second kappa shape index (κ2) is 6.06. The lowest BCUT2D eigenvalue weighted by molar-refractivity contribution is 0.208. The quantitative estimate of drug-likeness (QED) is 0.865. The second-order valence-corrected chi connectivity index (χ2v) is 5.12. The minimum Gasteiger partial charge on any atom is -0.493 e. The van der Waals surface area contributed by atoms with E-state index in [9.17, 15) is 0 Å². The van der Waals surface area contributed by atoms with Gasteiger partial charge in [0, 0.05) is 6.54 Å². The zero-order valence-electron chi connectivity index (χ0n) is 10.7. The van der Waals surface area contributed by atoms with Crippen molar-refractivity contribution in [2.45, 2.75) is 45.6 Å². The molecule has 1 aliphatic rings. The van der Waals surface area contributed by atoms with Crippen molar-refractivity contribution in [1.29, 1.82) is 0 Å². The van der Waals surface area contributed by atoms with Crippen LogP contribution in [0.2, 0.25) is 0 Å². The Kier molecular flexibility index (Phi) is 4.43. The Hall–Kier alpha value is -1.02. The third kappa shape index (κ3) is 3.47. The summed E-state index contributed by atoms with van der Waals surface area (Å²) in [6.45, 7) is 3.55. The van der Waals surface area contributed by atoms with E-state index in [1.807, 2.05) is 0 Å². The fourth-order valence-corrected chi connectivity index (χ4v) is 2.49. The Bertz CT molecular complexity index is 356. The van der Waals surface area contributed by atoms with Crippen LogP contribution < -0.4 is 10.5 Å². The molecule has 2 rings (SSSR count). The highest BCUT2D eigenvalue weighted by atomic mass is 16.5. The molecule has 1 saturated carbocycles. The minimum absolute atomic E-state index is 0.583. The van der Waals surface area contributed by atoms with Gasteiger partial charge in [-0.3, -0.25) is 0 Å². The highest BCUT2D eigenvalue weighted by Crippen LogP contribution is 2.26. The first kappa shape index (κ1) is 12.4. The molecular weight excluding hydrogens is 210 g/mol. The standard InChI is InChI=1S/C15H23NO/c1-12-7-8-14(10-16)9-15(12)17-11-13-5-3-2-4-6-13/h7-9,13H,2-6,10-11,16H2,1H3. The van der Waals surface area contributed by atoms with Gasteiger partial charge >= 0.3 is 0 Å². The number of hydrogen-bond acceptors (Lipinski definition) is 2. The average Bonchev–Trinajstić information content (AvgIpc) is 2.39. The van der Waals surface area contributed by atoms with Gasteiger partial charge in [-0.25, -0.2) is 0 Å². The molecule has 0 radical (unpaired) electrons. The molecular formula is C15H23NO. The maximum absolute atomic E-state index is 5.96. The molecule has 0 heterocycles. The van der Waals surface area contributed by atoms with Crippen LogP contribution in [-0.4, -0.2) is 6.61 Å². The van der Waals surface area contributed by atoms with Crippen molar-refractivity contribution in [1.82, 2.24) is 0 Å². The van der Waals surface area contributed by atoms with E-state index < -0.39 is 0 Å². The first-order valence-electron chi connectivity index (χ1n) is 6.72. The number of benzene rings is 1. The van der Waals surface area contributed by atoms with E-state index in [2.05, 4.69) is 25.1 Å². The Balaban J connectivity index is 1.92. The van der Waals surface area contributed by atoms with Gasteiger partial charge < -0.3 is 10.5 Å². The summed E-state index contributed by atoms with van der Waals surface area (Å²) in [4.78, 5) is 0. The van der Waals surface area contributed by atoms with Crippen molar-refractivity contribution in [3.8, 4) is 5.75 Å². The van der Waals surface area contributed by atoms with Gasteiger partial charge in [0.15, 0.2) is 0 Å². The van der Waals surface area contributed by atoms with Gasteiger partial charge in [0.2, 0.25) is 0 Å². The van der Waals surface area contributed by atoms with Gasteiger partial charge in [0.1, 0.15) is 5.75 Å². The highest BCUT2D eigenvalue weighted by Gasteiger charge is 2.14. The molecule has 0 saturated heterocycles. The molecule has 0 bridgehead atoms. The Labute approximate surface area is 104 Å². The molecule has 1 aliphatic carbocycles. The summed E-state index contributed by atoms with van der Waals surface area (Å²) in [5.41, 5.74) is 8.01. The molecule has 1 aromatic rings. The number of rotatable bonds is 4. The Morgan fingerprint density at radius 2 is 2.00 bits per heavy atom. The molecule has 1 fully saturated rings. The molecule has 94 valence electrons. The monoisotopic (exact) mass is 233 g/mol. The highest BCUT2D eigenvalue weighted by molar-refractivity contribution is 5.36. The van der Waals surface area contributed by atoms with E-state index in [0.717, 1.165) is 23.8 Å². The van der Waals surface area contributed by atoms with Crippen LogP contribution >= 0.6 is 0 Å². The van der Waals surface area contributed by atoms with Gasteiger partial charge in [-0.05, 0) is 42.9 Å². The summed E-state index contributed by atoms with van der Waals surface area (Å²) in [6.07, 6.45) is 6.80. The lowest BCUT2D eigenvalue weighted by atomic mass is 9.90. The van der Waals surface area contributed by atoms with Crippen LogP contribution in [0.4, 0.5) is 0 Å². The third-order valence-electron chi connectivity index (χ3n) is 3.69. The maximum Gasteiger partial charge on any atom is 0.122 e. The minimum atomic E-state index is 0.583. The first-order chi connectivity index (χ1) is 8.29. The fraction of sp³-hybridized carbons (Fsp3) is 0.600. The molecule has 0 aliphatic heterocycles. The average molecular weight is 233 g/mol. The Morgan fingerprint density at radius 3 is 2.71 bits per heavy atom. The lowest BCUT2D eigenvalue weighted by Crippen LogP contribution is -2.15. The molecule has 0 unspecified atom stereocenters. The first-order valence-corrected chi connectivity index (χ1v) is 6.72. The van der Waals surface area contributed by atoms with E-state index in [1.54, 1.807) is 0 Å². The summed E-state index contributed by atoms with van der Waals surface area (Å²) < 4.78 is 5.96. The predicted octanol–water partition coefficient (Wildman–Crippen LogP) is 3.41. The number of nitrogens with two attached hydrogens (primary N) is 1. The van der Waals surface area contributed by atoms with Crippen molar-refractivity contribution in [2.75, 3.05) is 6.61 Å². The summed E-state index contributed by atoms with van der Waals surface area (Å²) in [5, 5.41) is 0. The molecule has 0 atom stereocenters. The lowest BCUT2D eigenvalue weighted by Gasteiger charge is -2.22. The molecule has 0 aromatic heterocycles. The molecule has 2 nitrogen and oxygen atoms in total. The SMILES string of the molecule is Cc1ccc(CN)cc1OCC1CCCCC1. The van der Waals surface area contributed by atoms with E-state index in [0.29, 0.717) is 6.54 Å². The Morgan fingerprint density at radius 1 is 1.24 bits per heavy atom. The summed E-state index contributed by atoms with van der Waals surface area (Å²) >= 11 is 0. The van der Waals surface area contributed by atoms with Crippen molar-refractivity contribution in [2.24, 2.45) is 11.7 Å². The molecule has 1 aromatic carbocycles. The van der Waals surface area contributed by atoms with Crippen LogP contribution in [0.1, 0.15) is 43.2 Å². The second-order valence-electron chi connectivity index (χ2n) is 5.12. The van der Waals surface area contributed by atoms with Gasteiger partial charge in [-0.15, -0.1) is 0 Å². The number of ether oxygens (including phenoxy) is 1. The van der Waals surface area contributed by atoms with Crippen molar-refractivity contribution < 1.29 is 4.74 Å². The molecule has 2 N–H and O–H groups in total. The van der Waals surface area contributed by atoms with Crippen LogP contribution in [0.5, 0.6) is 5.75 Å². The normalized spacial score (nSPS) is 17.1. The molecule has 0 amide bonds. The van der Waals surface area contributed by atoms with Crippen molar-refractivity contribution in [3.63, 3.8) is 0 Å².